The summed E-state index contributed by atoms with van der Waals surface area (Å²) in [4.78, 5) is 13.0. The van der Waals surface area contributed by atoms with Crippen LogP contribution in [0.25, 0.3) is 0 Å². The van der Waals surface area contributed by atoms with E-state index >= 15 is 0 Å². The SMILES string of the molecule is CC(C)c1ccccc1NC(=O)CN(c1ccccc1)S(=O)(=O)c1ccccc1. The zero-order valence-electron chi connectivity index (χ0n) is 16.4. The fourth-order valence-corrected chi connectivity index (χ4v) is 4.51. The molecule has 3 aromatic carbocycles. The lowest BCUT2D eigenvalue weighted by molar-refractivity contribution is -0.114. The predicted octanol–water partition coefficient (Wildman–Crippen LogP) is 4.64. The van der Waals surface area contributed by atoms with Crippen molar-refractivity contribution in [3.05, 3.63) is 90.5 Å². The second kappa shape index (κ2) is 8.92. The largest absolute Gasteiger partial charge is 0.324 e. The summed E-state index contributed by atoms with van der Waals surface area (Å²) in [6.07, 6.45) is 0. The summed E-state index contributed by atoms with van der Waals surface area (Å²) >= 11 is 0. The molecule has 1 amide bonds. The van der Waals surface area contributed by atoms with Crippen LogP contribution in [0.3, 0.4) is 0 Å². The molecule has 5 nitrogen and oxygen atoms in total. The molecular formula is C23H24N2O3S. The average molecular weight is 409 g/mol. The lowest BCUT2D eigenvalue weighted by atomic mass is 10.0. The lowest BCUT2D eigenvalue weighted by Crippen LogP contribution is -2.38. The zero-order valence-corrected chi connectivity index (χ0v) is 17.3. The van der Waals surface area contributed by atoms with Crippen LogP contribution in [-0.2, 0) is 14.8 Å². The normalized spacial score (nSPS) is 11.3. The van der Waals surface area contributed by atoms with E-state index in [1.165, 1.54) is 12.1 Å². The van der Waals surface area contributed by atoms with Crippen molar-refractivity contribution >= 4 is 27.3 Å². The summed E-state index contributed by atoms with van der Waals surface area (Å²) in [7, 11) is -3.90. The molecule has 150 valence electrons. The van der Waals surface area contributed by atoms with Gasteiger partial charge in [0.05, 0.1) is 10.6 Å². The Morgan fingerprint density at radius 2 is 1.41 bits per heavy atom. The molecule has 1 N–H and O–H groups in total. The highest BCUT2D eigenvalue weighted by molar-refractivity contribution is 7.92. The molecule has 0 aromatic heterocycles. The second-order valence-electron chi connectivity index (χ2n) is 6.95. The number of sulfonamides is 1. The van der Waals surface area contributed by atoms with Crippen LogP contribution in [0.5, 0.6) is 0 Å². The van der Waals surface area contributed by atoms with Crippen LogP contribution in [0.1, 0.15) is 25.3 Å². The van der Waals surface area contributed by atoms with E-state index in [0.29, 0.717) is 11.4 Å². The van der Waals surface area contributed by atoms with E-state index in [9.17, 15) is 13.2 Å². The van der Waals surface area contributed by atoms with Crippen molar-refractivity contribution < 1.29 is 13.2 Å². The third-order valence-electron chi connectivity index (χ3n) is 4.52. The van der Waals surface area contributed by atoms with E-state index in [1.807, 2.05) is 38.1 Å². The minimum absolute atomic E-state index is 0.138. The van der Waals surface area contributed by atoms with Crippen LogP contribution < -0.4 is 9.62 Å². The summed E-state index contributed by atoms with van der Waals surface area (Å²) in [6, 6.07) is 24.3. The molecule has 0 radical (unpaired) electrons. The molecule has 6 heteroatoms. The van der Waals surface area contributed by atoms with Crippen LogP contribution in [0.4, 0.5) is 11.4 Å². The van der Waals surface area contributed by atoms with Crippen molar-refractivity contribution in [2.24, 2.45) is 0 Å². The van der Waals surface area contributed by atoms with Gasteiger partial charge >= 0.3 is 0 Å². The molecule has 0 heterocycles. The van der Waals surface area contributed by atoms with Gasteiger partial charge in [0, 0.05) is 5.69 Å². The van der Waals surface area contributed by atoms with E-state index in [0.717, 1.165) is 9.87 Å². The molecule has 3 rings (SSSR count). The van der Waals surface area contributed by atoms with Gasteiger partial charge in [-0.05, 0) is 41.8 Å². The smallest absolute Gasteiger partial charge is 0.264 e. The van der Waals surface area contributed by atoms with Crippen LogP contribution in [0, 0.1) is 0 Å². The lowest BCUT2D eigenvalue weighted by Gasteiger charge is -2.24. The maximum atomic E-state index is 13.2. The quantitative estimate of drug-likeness (QED) is 0.619. The third kappa shape index (κ3) is 4.84. The molecule has 0 atom stereocenters. The number of nitrogens with zero attached hydrogens (tertiary/aromatic N) is 1. The summed E-state index contributed by atoms with van der Waals surface area (Å²) in [5.41, 5.74) is 2.12. The molecule has 3 aromatic rings. The number of amides is 1. The Labute approximate surface area is 172 Å². The van der Waals surface area contributed by atoms with E-state index in [4.69, 9.17) is 0 Å². The van der Waals surface area contributed by atoms with Gasteiger partial charge < -0.3 is 5.32 Å². The number of benzene rings is 3. The molecule has 0 aliphatic heterocycles. The summed E-state index contributed by atoms with van der Waals surface area (Å²) in [6.45, 7) is 3.76. The number of rotatable bonds is 7. The minimum Gasteiger partial charge on any atom is -0.324 e. The monoisotopic (exact) mass is 408 g/mol. The van der Waals surface area contributed by atoms with Crippen molar-refractivity contribution in [3.63, 3.8) is 0 Å². The Balaban J connectivity index is 1.92. The fraction of sp³-hybridized carbons (Fsp3) is 0.174. The van der Waals surface area contributed by atoms with Crippen LogP contribution in [-0.4, -0.2) is 20.9 Å². The Hall–Kier alpha value is -3.12. The summed E-state index contributed by atoms with van der Waals surface area (Å²) in [5.74, 6) is -0.175. The van der Waals surface area contributed by atoms with Crippen LogP contribution in [0.2, 0.25) is 0 Å². The summed E-state index contributed by atoms with van der Waals surface area (Å²) in [5, 5.41) is 2.87. The van der Waals surface area contributed by atoms with E-state index in [-0.39, 0.29) is 17.4 Å². The van der Waals surface area contributed by atoms with Crippen molar-refractivity contribution in [1.29, 1.82) is 0 Å². The molecule has 0 bridgehead atoms. The molecule has 0 unspecified atom stereocenters. The number of carbonyl (C=O) groups is 1. The van der Waals surface area contributed by atoms with Crippen molar-refractivity contribution in [3.8, 4) is 0 Å². The molecule has 29 heavy (non-hydrogen) atoms. The average Bonchev–Trinajstić information content (AvgIpc) is 2.73. The van der Waals surface area contributed by atoms with Crippen molar-refractivity contribution in [2.75, 3.05) is 16.2 Å². The maximum Gasteiger partial charge on any atom is 0.264 e. The van der Waals surface area contributed by atoms with Gasteiger partial charge in [0.1, 0.15) is 6.54 Å². The van der Waals surface area contributed by atoms with E-state index in [1.54, 1.807) is 48.5 Å². The predicted molar refractivity (Wildman–Crippen MR) is 117 cm³/mol. The number of hydrogen-bond donors (Lipinski definition) is 1. The fourth-order valence-electron chi connectivity index (χ4n) is 3.06. The molecule has 0 saturated heterocycles. The minimum atomic E-state index is -3.90. The molecule has 0 saturated carbocycles. The highest BCUT2D eigenvalue weighted by Crippen LogP contribution is 2.25. The molecular weight excluding hydrogens is 384 g/mol. The number of nitrogens with one attached hydrogen (secondary N) is 1. The van der Waals surface area contributed by atoms with Crippen molar-refractivity contribution in [2.45, 2.75) is 24.7 Å². The van der Waals surface area contributed by atoms with Gasteiger partial charge in [-0.15, -0.1) is 0 Å². The van der Waals surface area contributed by atoms with Crippen molar-refractivity contribution in [1.82, 2.24) is 0 Å². The maximum absolute atomic E-state index is 13.2. The topological polar surface area (TPSA) is 66.5 Å². The molecule has 0 fully saturated rings. The first kappa shape index (κ1) is 20.6. The Morgan fingerprint density at radius 1 is 0.862 bits per heavy atom. The van der Waals surface area contributed by atoms with Gasteiger partial charge in [0.15, 0.2) is 0 Å². The summed E-state index contributed by atoms with van der Waals surface area (Å²) < 4.78 is 27.6. The number of hydrogen-bond acceptors (Lipinski definition) is 3. The van der Waals surface area contributed by atoms with Crippen LogP contribution >= 0.6 is 0 Å². The molecule has 0 aliphatic rings. The Morgan fingerprint density at radius 3 is 2.03 bits per heavy atom. The molecule has 0 aliphatic carbocycles. The van der Waals surface area contributed by atoms with E-state index < -0.39 is 15.9 Å². The number of anilines is 2. The Kier molecular flexibility index (Phi) is 6.34. The first-order valence-corrected chi connectivity index (χ1v) is 10.8. The second-order valence-corrected chi connectivity index (χ2v) is 8.81. The highest BCUT2D eigenvalue weighted by Gasteiger charge is 2.27. The number of para-hydroxylation sites is 2. The van der Waals surface area contributed by atoms with Gasteiger partial charge in [-0.2, -0.15) is 0 Å². The van der Waals surface area contributed by atoms with Gasteiger partial charge in [-0.3, -0.25) is 9.10 Å². The first-order valence-electron chi connectivity index (χ1n) is 9.41. The molecule has 0 spiro atoms. The van der Waals surface area contributed by atoms with Gasteiger partial charge in [-0.25, -0.2) is 8.42 Å². The van der Waals surface area contributed by atoms with Gasteiger partial charge in [0.2, 0.25) is 5.91 Å². The first-order chi connectivity index (χ1) is 13.9. The number of carbonyl (C=O) groups excluding carboxylic acids is 1. The van der Waals surface area contributed by atoms with Gasteiger partial charge in [-0.1, -0.05) is 68.4 Å². The standard InChI is InChI=1S/C23H24N2O3S/c1-18(2)21-15-9-10-16-22(21)24-23(26)17-25(19-11-5-3-6-12-19)29(27,28)20-13-7-4-8-14-20/h3-16,18H,17H2,1-2H3,(H,24,26). The highest BCUT2D eigenvalue weighted by atomic mass is 32.2. The van der Waals surface area contributed by atoms with Gasteiger partial charge in [0.25, 0.3) is 10.0 Å². The zero-order chi connectivity index (χ0) is 20.9. The third-order valence-corrected chi connectivity index (χ3v) is 6.31. The Bertz CT molecular complexity index is 1070. The van der Waals surface area contributed by atoms with Crippen LogP contribution in [0.15, 0.2) is 89.8 Å². The van der Waals surface area contributed by atoms with E-state index in [2.05, 4.69) is 5.32 Å².